The molecule has 148 valence electrons. The van der Waals surface area contributed by atoms with Gasteiger partial charge in [-0.1, -0.05) is 12.1 Å². The Morgan fingerprint density at radius 3 is 2.50 bits per heavy atom. The Kier molecular flexibility index (Phi) is 7.63. The van der Waals surface area contributed by atoms with E-state index in [0.717, 1.165) is 16.7 Å². The minimum atomic E-state index is -0.608. The van der Waals surface area contributed by atoms with Gasteiger partial charge in [0, 0.05) is 11.8 Å². The number of methoxy groups -OCH3 is 1. The lowest BCUT2D eigenvalue weighted by Crippen LogP contribution is -2.20. The van der Waals surface area contributed by atoms with Gasteiger partial charge in [-0.05, 0) is 67.8 Å². The van der Waals surface area contributed by atoms with E-state index in [1.165, 1.54) is 6.08 Å². The van der Waals surface area contributed by atoms with Gasteiger partial charge in [0.05, 0.1) is 13.7 Å². The molecule has 0 aliphatic carbocycles. The van der Waals surface area contributed by atoms with Crippen LogP contribution in [0.2, 0.25) is 0 Å². The van der Waals surface area contributed by atoms with Crippen LogP contribution in [0.15, 0.2) is 42.5 Å². The minimum Gasteiger partial charge on any atom is -0.493 e. The SMILES string of the molecule is CCOc1ccc(/C=C/C(=O)OCC(=O)Nc2ccc(C)c(C)c2)cc1OC. The number of rotatable bonds is 8. The third-order valence-electron chi connectivity index (χ3n) is 4.04. The molecule has 6 heteroatoms. The Bertz CT molecular complexity index is 873. The largest absolute Gasteiger partial charge is 0.493 e. The fourth-order valence-corrected chi connectivity index (χ4v) is 2.43. The number of carbonyl (C=O) groups is 2. The Balaban J connectivity index is 1.87. The van der Waals surface area contributed by atoms with Crippen molar-refractivity contribution in [2.45, 2.75) is 20.8 Å². The summed E-state index contributed by atoms with van der Waals surface area (Å²) in [6.45, 7) is 6.02. The Hall–Kier alpha value is -3.28. The maximum Gasteiger partial charge on any atom is 0.331 e. The standard InChI is InChI=1S/C22H25NO5/c1-5-27-19-10-7-17(13-20(19)26-4)8-11-22(25)28-14-21(24)23-18-9-6-15(2)16(3)12-18/h6-13H,5,14H2,1-4H3,(H,23,24)/b11-8+. The minimum absolute atomic E-state index is 0.358. The number of carbonyl (C=O) groups excluding carboxylic acids is 2. The summed E-state index contributed by atoms with van der Waals surface area (Å²) in [5.74, 6) is 0.203. The Morgan fingerprint density at radius 1 is 1.04 bits per heavy atom. The van der Waals surface area contributed by atoms with Crippen LogP contribution < -0.4 is 14.8 Å². The van der Waals surface area contributed by atoms with Gasteiger partial charge in [-0.25, -0.2) is 4.79 Å². The molecule has 0 atom stereocenters. The van der Waals surface area contributed by atoms with Gasteiger partial charge in [-0.2, -0.15) is 0 Å². The van der Waals surface area contributed by atoms with Gasteiger partial charge in [0.25, 0.3) is 5.91 Å². The van der Waals surface area contributed by atoms with E-state index in [1.807, 2.05) is 32.9 Å². The third-order valence-corrected chi connectivity index (χ3v) is 4.04. The van der Waals surface area contributed by atoms with E-state index in [0.29, 0.717) is 23.8 Å². The smallest absolute Gasteiger partial charge is 0.331 e. The molecule has 0 heterocycles. The lowest BCUT2D eigenvalue weighted by molar-refractivity contribution is -0.142. The van der Waals surface area contributed by atoms with Crippen molar-refractivity contribution in [3.63, 3.8) is 0 Å². The van der Waals surface area contributed by atoms with Crippen molar-refractivity contribution in [3.8, 4) is 11.5 Å². The van der Waals surface area contributed by atoms with Crippen molar-refractivity contribution in [1.82, 2.24) is 0 Å². The van der Waals surface area contributed by atoms with Gasteiger partial charge >= 0.3 is 5.97 Å². The van der Waals surface area contributed by atoms with Crippen molar-refractivity contribution in [2.75, 3.05) is 25.6 Å². The molecule has 0 unspecified atom stereocenters. The van der Waals surface area contributed by atoms with E-state index in [4.69, 9.17) is 14.2 Å². The highest BCUT2D eigenvalue weighted by Gasteiger charge is 2.07. The fraction of sp³-hybridized carbons (Fsp3) is 0.273. The van der Waals surface area contributed by atoms with Crippen LogP contribution >= 0.6 is 0 Å². The lowest BCUT2D eigenvalue weighted by Gasteiger charge is -2.09. The molecule has 0 saturated carbocycles. The van der Waals surface area contributed by atoms with Crippen LogP contribution in [-0.2, 0) is 14.3 Å². The molecule has 0 aromatic heterocycles. The number of hydrogen-bond acceptors (Lipinski definition) is 5. The molecule has 6 nitrogen and oxygen atoms in total. The molecule has 2 rings (SSSR count). The van der Waals surface area contributed by atoms with Gasteiger partial charge < -0.3 is 19.5 Å². The van der Waals surface area contributed by atoms with Crippen molar-refractivity contribution >= 4 is 23.6 Å². The van der Waals surface area contributed by atoms with Crippen LogP contribution in [0.25, 0.3) is 6.08 Å². The predicted octanol–water partition coefficient (Wildman–Crippen LogP) is 3.91. The number of nitrogens with one attached hydrogen (secondary N) is 1. The number of anilines is 1. The van der Waals surface area contributed by atoms with E-state index in [-0.39, 0.29) is 6.61 Å². The molecule has 0 aliphatic rings. The molecule has 0 aliphatic heterocycles. The fourth-order valence-electron chi connectivity index (χ4n) is 2.43. The van der Waals surface area contributed by atoms with Crippen molar-refractivity contribution in [3.05, 3.63) is 59.2 Å². The molecule has 2 aromatic rings. The van der Waals surface area contributed by atoms with Crippen molar-refractivity contribution < 1.29 is 23.8 Å². The topological polar surface area (TPSA) is 73.9 Å². The van der Waals surface area contributed by atoms with E-state index in [1.54, 1.807) is 37.5 Å². The number of aryl methyl sites for hydroxylation is 2. The van der Waals surface area contributed by atoms with Crippen LogP contribution in [0.4, 0.5) is 5.69 Å². The molecule has 0 radical (unpaired) electrons. The van der Waals surface area contributed by atoms with Crippen LogP contribution in [0, 0.1) is 13.8 Å². The van der Waals surface area contributed by atoms with Gasteiger partial charge in [0.1, 0.15) is 0 Å². The van der Waals surface area contributed by atoms with Gasteiger partial charge in [-0.3, -0.25) is 4.79 Å². The van der Waals surface area contributed by atoms with E-state index in [2.05, 4.69) is 5.32 Å². The van der Waals surface area contributed by atoms with Gasteiger partial charge in [-0.15, -0.1) is 0 Å². The molecule has 0 bridgehead atoms. The summed E-state index contributed by atoms with van der Waals surface area (Å²) in [6.07, 6.45) is 2.85. The molecule has 0 spiro atoms. The summed E-state index contributed by atoms with van der Waals surface area (Å²) < 4.78 is 15.7. The van der Waals surface area contributed by atoms with Gasteiger partial charge in [0.15, 0.2) is 18.1 Å². The van der Waals surface area contributed by atoms with Crippen molar-refractivity contribution in [2.24, 2.45) is 0 Å². The predicted molar refractivity (Wildman–Crippen MR) is 109 cm³/mol. The molecule has 1 amide bonds. The van der Waals surface area contributed by atoms with Gasteiger partial charge in [0.2, 0.25) is 0 Å². The zero-order chi connectivity index (χ0) is 20.5. The third kappa shape index (κ3) is 6.16. The summed E-state index contributed by atoms with van der Waals surface area (Å²) in [5.41, 5.74) is 3.63. The quantitative estimate of drug-likeness (QED) is 0.553. The van der Waals surface area contributed by atoms with Crippen LogP contribution in [-0.4, -0.2) is 32.2 Å². The first-order chi connectivity index (χ1) is 13.4. The Labute approximate surface area is 165 Å². The number of ether oxygens (including phenoxy) is 3. The number of benzene rings is 2. The second-order valence-corrected chi connectivity index (χ2v) is 6.13. The molecular weight excluding hydrogens is 358 g/mol. The average molecular weight is 383 g/mol. The lowest BCUT2D eigenvalue weighted by atomic mass is 10.1. The monoisotopic (exact) mass is 383 g/mol. The molecule has 2 aromatic carbocycles. The first kappa shape index (κ1) is 21.0. The Morgan fingerprint density at radius 2 is 1.82 bits per heavy atom. The number of hydrogen-bond donors (Lipinski definition) is 1. The summed E-state index contributed by atoms with van der Waals surface area (Å²) in [5, 5.41) is 2.70. The summed E-state index contributed by atoms with van der Waals surface area (Å²) in [4.78, 5) is 23.8. The summed E-state index contributed by atoms with van der Waals surface area (Å²) in [7, 11) is 1.55. The number of esters is 1. The molecule has 1 N–H and O–H groups in total. The van der Waals surface area contributed by atoms with Crippen LogP contribution in [0.1, 0.15) is 23.6 Å². The molecule has 0 saturated heterocycles. The van der Waals surface area contributed by atoms with Crippen LogP contribution in [0.3, 0.4) is 0 Å². The number of amides is 1. The zero-order valence-electron chi connectivity index (χ0n) is 16.6. The first-order valence-electron chi connectivity index (χ1n) is 8.95. The average Bonchev–Trinajstić information content (AvgIpc) is 2.68. The molecular formula is C22H25NO5. The normalized spacial score (nSPS) is 10.6. The van der Waals surface area contributed by atoms with E-state index in [9.17, 15) is 9.59 Å². The summed E-state index contributed by atoms with van der Waals surface area (Å²) >= 11 is 0. The highest BCUT2D eigenvalue weighted by Crippen LogP contribution is 2.28. The highest BCUT2D eigenvalue weighted by molar-refractivity contribution is 5.94. The maximum atomic E-state index is 11.9. The zero-order valence-corrected chi connectivity index (χ0v) is 16.6. The molecule has 0 fully saturated rings. The van der Waals surface area contributed by atoms with E-state index >= 15 is 0 Å². The molecule has 28 heavy (non-hydrogen) atoms. The van der Waals surface area contributed by atoms with E-state index < -0.39 is 11.9 Å². The second kappa shape index (κ2) is 10.2. The summed E-state index contributed by atoms with van der Waals surface area (Å²) in [6, 6.07) is 10.9. The van der Waals surface area contributed by atoms with Crippen molar-refractivity contribution in [1.29, 1.82) is 0 Å². The second-order valence-electron chi connectivity index (χ2n) is 6.13. The first-order valence-corrected chi connectivity index (χ1v) is 8.95. The highest BCUT2D eigenvalue weighted by atomic mass is 16.5. The maximum absolute atomic E-state index is 11.9. The van der Waals surface area contributed by atoms with Crippen LogP contribution in [0.5, 0.6) is 11.5 Å².